The first-order chi connectivity index (χ1) is 18.6. The number of nitrogens with one attached hydrogen (secondary N) is 2. The van der Waals surface area contributed by atoms with Crippen molar-refractivity contribution in [3.05, 3.63) is 98.6 Å². The van der Waals surface area contributed by atoms with Crippen LogP contribution in [0.15, 0.2) is 64.6 Å². The third-order valence-electron chi connectivity index (χ3n) is 5.90. The third-order valence-corrected chi connectivity index (χ3v) is 5.90. The van der Waals surface area contributed by atoms with E-state index in [0.29, 0.717) is 5.56 Å². The van der Waals surface area contributed by atoms with Crippen molar-refractivity contribution in [1.82, 2.24) is 19.1 Å². The number of hydrogen-bond donors (Lipinski definition) is 2. The molecule has 0 aliphatic carbocycles. The summed E-state index contributed by atoms with van der Waals surface area (Å²) in [6.45, 7) is 3.38. The number of ether oxygens (including phenoxy) is 1. The standard InChI is InChI=1S/C26H20F2N6O5/c1-13(2)33-11-18(25(37)34(26(33)38)16-6-3-14(27)4-7-16)23(36)31-15-5-8-20(19(28)9-15)39-24-17-10-21(35)32-22(17)29-12-30-24/h3-9,11-13H,10H2,1-2H3,(H,31,36)(H,29,30,32,35). The molecule has 0 saturated heterocycles. The van der Waals surface area contributed by atoms with Crippen molar-refractivity contribution in [3.63, 3.8) is 0 Å². The zero-order valence-corrected chi connectivity index (χ0v) is 20.6. The normalized spacial score (nSPS) is 12.3. The minimum absolute atomic E-state index is 0.00430. The lowest BCUT2D eigenvalue weighted by atomic mass is 10.2. The molecule has 0 atom stereocenters. The second kappa shape index (κ2) is 9.93. The Labute approximate surface area is 218 Å². The van der Waals surface area contributed by atoms with Gasteiger partial charge < -0.3 is 15.4 Å². The summed E-state index contributed by atoms with van der Waals surface area (Å²) in [5.41, 5.74) is -1.55. The van der Waals surface area contributed by atoms with Gasteiger partial charge in [0.2, 0.25) is 11.8 Å². The number of carbonyl (C=O) groups is 2. The van der Waals surface area contributed by atoms with Gasteiger partial charge in [-0.05, 0) is 50.2 Å². The lowest BCUT2D eigenvalue weighted by Crippen LogP contribution is -2.42. The molecule has 3 heterocycles. The molecule has 2 aromatic carbocycles. The van der Waals surface area contributed by atoms with Gasteiger partial charge in [-0.1, -0.05) is 0 Å². The van der Waals surface area contributed by atoms with E-state index < -0.39 is 34.8 Å². The number of aromatic nitrogens is 4. The van der Waals surface area contributed by atoms with Gasteiger partial charge in [0.05, 0.1) is 17.7 Å². The molecule has 0 bridgehead atoms. The Bertz CT molecular complexity index is 1750. The van der Waals surface area contributed by atoms with E-state index >= 15 is 0 Å². The van der Waals surface area contributed by atoms with E-state index in [0.717, 1.165) is 29.0 Å². The highest BCUT2D eigenvalue weighted by atomic mass is 19.1. The van der Waals surface area contributed by atoms with E-state index in [1.807, 2.05) is 0 Å². The molecule has 5 rings (SSSR count). The van der Waals surface area contributed by atoms with Gasteiger partial charge in [0, 0.05) is 24.0 Å². The molecule has 2 amide bonds. The summed E-state index contributed by atoms with van der Waals surface area (Å²) in [7, 11) is 0. The van der Waals surface area contributed by atoms with Crippen LogP contribution >= 0.6 is 0 Å². The molecule has 0 radical (unpaired) electrons. The van der Waals surface area contributed by atoms with Crippen LogP contribution in [0.2, 0.25) is 0 Å². The highest BCUT2D eigenvalue weighted by molar-refractivity contribution is 6.04. The molecule has 198 valence electrons. The smallest absolute Gasteiger partial charge is 0.335 e. The SMILES string of the molecule is CC(C)n1cc(C(=O)Nc2ccc(Oc3ncnc4c3CC(=O)N4)c(F)c2)c(=O)n(-c2ccc(F)cc2)c1=O. The van der Waals surface area contributed by atoms with Crippen LogP contribution in [0.25, 0.3) is 5.69 Å². The van der Waals surface area contributed by atoms with Crippen molar-refractivity contribution in [1.29, 1.82) is 0 Å². The minimum atomic E-state index is -0.929. The Morgan fingerprint density at radius 1 is 1.08 bits per heavy atom. The molecule has 0 saturated carbocycles. The van der Waals surface area contributed by atoms with Gasteiger partial charge in [0.15, 0.2) is 11.6 Å². The summed E-state index contributed by atoms with van der Waals surface area (Å²) < 4.78 is 35.8. The average molecular weight is 534 g/mol. The fourth-order valence-electron chi connectivity index (χ4n) is 3.97. The maximum atomic E-state index is 14.9. The molecule has 4 aromatic rings. The molecule has 0 spiro atoms. The quantitative estimate of drug-likeness (QED) is 0.388. The zero-order chi connectivity index (χ0) is 27.8. The van der Waals surface area contributed by atoms with Gasteiger partial charge in [-0.25, -0.2) is 28.1 Å². The third kappa shape index (κ3) is 4.89. The van der Waals surface area contributed by atoms with Crippen LogP contribution < -0.4 is 26.6 Å². The Morgan fingerprint density at radius 3 is 2.51 bits per heavy atom. The summed E-state index contributed by atoms with van der Waals surface area (Å²) in [6, 6.07) is 7.82. The first-order valence-electron chi connectivity index (χ1n) is 11.7. The largest absolute Gasteiger partial charge is 0.435 e. The van der Waals surface area contributed by atoms with E-state index in [2.05, 4.69) is 20.6 Å². The number of hydrogen-bond acceptors (Lipinski definition) is 7. The van der Waals surface area contributed by atoms with Crippen LogP contribution in [-0.2, 0) is 11.2 Å². The Hall–Kier alpha value is -5.20. The van der Waals surface area contributed by atoms with Crippen LogP contribution in [0.4, 0.5) is 20.3 Å². The number of anilines is 2. The minimum Gasteiger partial charge on any atom is -0.435 e. The molecule has 39 heavy (non-hydrogen) atoms. The van der Waals surface area contributed by atoms with Gasteiger partial charge in [0.25, 0.3) is 11.5 Å². The van der Waals surface area contributed by atoms with Crippen molar-refractivity contribution in [2.45, 2.75) is 26.3 Å². The first kappa shape index (κ1) is 25.4. The number of nitrogens with zero attached hydrogens (tertiary/aromatic N) is 4. The van der Waals surface area contributed by atoms with Crippen LogP contribution in [0.5, 0.6) is 11.6 Å². The predicted octanol–water partition coefficient (Wildman–Crippen LogP) is 3.19. The molecule has 2 aromatic heterocycles. The van der Waals surface area contributed by atoms with Crippen molar-refractivity contribution in [2.24, 2.45) is 0 Å². The fraction of sp³-hybridized carbons (Fsp3) is 0.154. The van der Waals surface area contributed by atoms with Gasteiger partial charge in [0.1, 0.15) is 23.5 Å². The van der Waals surface area contributed by atoms with E-state index in [4.69, 9.17) is 4.74 Å². The molecule has 1 aliphatic rings. The topological polar surface area (TPSA) is 137 Å². The van der Waals surface area contributed by atoms with Gasteiger partial charge >= 0.3 is 5.69 Å². The second-order valence-electron chi connectivity index (χ2n) is 8.88. The summed E-state index contributed by atoms with van der Waals surface area (Å²) >= 11 is 0. The Balaban J connectivity index is 1.44. The van der Waals surface area contributed by atoms with Crippen LogP contribution in [-0.4, -0.2) is 30.9 Å². The van der Waals surface area contributed by atoms with E-state index in [9.17, 15) is 28.0 Å². The summed E-state index contributed by atoms with van der Waals surface area (Å²) in [5, 5.41) is 4.99. The lowest BCUT2D eigenvalue weighted by molar-refractivity contribution is -0.115. The molecular weight excluding hydrogens is 514 g/mol. The number of halogens is 2. The lowest BCUT2D eigenvalue weighted by Gasteiger charge is -2.16. The average Bonchev–Trinajstić information content (AvgIpc) is 3.27. The summed E-state index contributed by atoms with van der Waals surface area (Å²) in [6.07, 6.45) is 2.28. The molecular formula is C26H20F2N6O5. The molecule has 0 fully saturated rings. The van der Waals surface area contributed by atoms with Crippen LogP contribution in [0.1, 0.15) is 35.8 Å². The fourth-order valence-corrected chi connectivity index (χ4v) is 3.97. The molecule has 0 unspecified atom stereocenters. The molecule has 13 heteroatoms. The van der Waals surface area contributed by atoms with Crippen molar-refractivity contribution < 1.29 is 23.1 Å². The Kier molecular flexibility index (Phi) is 6.48. The van der Waals surface area contributed by atoms with Crippen molar-refractivity contribution >= 4 is 23.3 Å². The maximum Gasteiger partial charge on any atom is 0.335 e. The number of rotatable bonds is 6. The Morgan fingerprint density at radius 2 is 1.82 bits per heavy atom. The molecule has 1 aliphatic heterocycles. The monoisotopic (exact) mass is 534 g/mol. The second-order valence-corrected chi connectivity index (χ2v) is 8.88. The van der Waals surface area contributed by atoms with Crippen molar-refractivity contribution in [3.8, 4) is 17.3 Å². The van der Waals surface area contributed by atoms with Gasteiger partial charge in [-0.2, -0.15) is 0 Å². The van der Waals surface area contributed by atoms with E-state index in [1.54, 1.807) is 13.8 Å². The van der Waals surface area contributed by atoms with Crippen LogP contribution in [0.3, 0.4) is 0 Å². The molecule has 2 N–H and O–H groups in total. The van der Waals surface area contributed by atoms with Gasteiger partial charge in [-0.15, -0.1) is 0 Å². The van der Waals surface area contributed by atoms with E-state index in [1.165, 1.54) is 35.2 Å². The number of amides is 2. The predicted molar refractivity (Wildman–Crippen MR) is 135 cm³/mol. The summed E-state index contributed by atoms with van der Waals surface area (Å²) in [4.78, 5) is 58.8. The van der Waals surface area contributed by atoms with E-state index in [-0.39, 0.29) is 46.7 Å². The maximum absolute atomic E-state index is 14.9. The van der Waals surface area contributed by atoms with Crippen LogP contribution in [0, 0.1) is 11.6 Å². The number of fused-ring (bicyclic) bond motifs is 1. The number of carbonyl (C=O) groups excluding carboxylic acids is 2. The van der Waals surface area contributed by atoms with Gasteiger partial charge in [-0.3, -0.25) is 19.0 Å². The highest BCUT2D eigenvalue weighted by Gasteiger charge is 2.25. The highest BCUT2D eigenvalue weighted by Crippen LogP contribution is 2.32. The zero-order valence-electron chi connectivity index (χ0n) is 20.6. The first-order valence-corrected chi connectivity index (χ1v) is 11.7. The van der Waals surface area contributed by atoms with Crippen molar-refractivity contribution in [2.75, 3.05) is 10.6 Å². The summed E-state index contributed by atoms with van der Waals surface area (Å²) in [5.74, 6) is -2.54. The molecule has 11 nitrogen and oxygen atoms in total. The number of benzene rings is 2.